The van der Waals surface area contributed by atoms with E-state index < -0.39 is 0 Å². The van der Waals surface area contributed by atoms with Crippen molar-refractivity contribution >= 4 is 11.9 Å². The third-order valence-corrected chi connectivity index (χ3v) is 3.12. The van der Waals surface area contributed by atoms with Gasteiger partial charge in [0.05, 0.1) is 12.3 Å². The fourth-order valence-electron chi connectivity index (χ4n) is 1.78. The molecule has 0 bridgehead atoms. The van der Waals surface area contributed by atoms with Crippen LogP contribution in [-0.2, 0) is 4.74 Å². The monoisotopic (exact) mass is 267 g/mol. The van der Waals surface area contributed by atoms with Gasteiger partial charge in [-0.2, -0.15) is 0 Å². The SMILES string of the molecule is Cc1ccc(N=Cc2ccc(OCC3CO3)cc2)cc1. The van der Waals surface area contributed by atoms with Crippen LogP contribution in [0.3, 0.4) is 0 Å². The van der Waals surface area contributed by atoms with Crippen molar-refractivity contribution in [1.29, 1.82) is 0 Å². The van der Waals surface area contributed by atoms with Crippen LogP contribution in [0.1, 0.15) is 11.1 Å². The smallest absolute Gasteiger partial charge is 0.119 e. The number of hydrogen-bond acceptors (Lipinski definition) is 3. The minimum atomic E-state index is 0.290. The van der Waals surface area contributed by atoms with Crippen molar-refractivity contribution in [3.63, 3.8) is 0 Å². The summed E-state index contributed by atoms with van der Waals surface area (Å²) in [5, 5.41) is 0. The summed E-state index contributed by atoms with van der Waals surface area (Å²) in [4.78, 5) is 4.45. The van der Waals surface area contributed by atoms with Crippen molar-refractivity contribution in [2.75, 3.05) is 13.2 Å². The van der Waals surface area contributed by atoms with Crippen LogP contribution in [-0.4, -0.2) is 25.5 Å². The van der Waals surface area contributed by atoms with E-state index in [9.17, 15) is 0 Å². The van der Waals surface area contributed by atoms with Crippen LogP contribution in [0.4, 0.5) is 5.69 Å². The molecule has 1 atom stereocenters. The molecule has 1 saturated heterocycles. The van der Waals surface area contributed by atoms with Gasteiger partial charge in [0.25, 0.3) is 0 Å². The summed E-state index contributed by atoms with van der Waals surface area (Å²) >= 11 is 0. The van der Waals surface area contributed by atoms with E-state index in [1.807, 2.05) is 42.6 Å². The van der Waals surface area contributed by atoms with Gasteiger partial charge in [-0.3, -0.25) is 4.99 Å². The molecule has 3 rings (SSSR count). The molecule has 0 amide bonds. The second-order valence-electron chi connectivity index (χ2n) is 4.93. The first-order chi connectivity index (χ1) is 9.79. The van der Waals surface area contributed by atoms with Crippen LogP contribution in [0.5, 0.6) is 5.75 Å². The molecule has 1 unspecified atom stereocenters. The number of epoxide rings is 1. The molecule has 1 aliphatic rings. The summed E-state index contributed by atoms with van der Waals surface area (Å²) in [6.07, 6.45) is 2.15. The molecule has 2 aromatic carbocycles. The third kappa shape index (κ3) is 3.68. The van der Waals surface area contributed by atoms with Gasteiger partial charge in [0.2, 0.25) is 0 Å². The summed E-state index contributed by atoms with van der Waals surface area (Å²) in [7, 11) is 0. The number of aliphatic imine (C=N–C) groups is 1. The molecule has 1 heterocycles. The lowest BCUT2D eigenvalue weighted by atomic mass is 10.2. The fraction of sp³-hybridized carbons (Fsp3) is 0.235. The molecule has 1 fully saturated rings. The molecule has 2 aromatic rings. The highest BCUT2D eigenvalue weighted by molar-refractivity contribution is 5.82. The molecule has 0 radical (unpaired) electrons. The molecule has 102 valence electrons. The van der Waals surface area contributed by atoms with E-state index in [4.69, 9.17) is 9.47 Å². The molecule has 0 aromatic heterocycles. The molecule has 1 aliphatic heterocycles. The Bertz CT molecular complexity index is 583. The van der Waals surface area contributed by atoms with Crippen molar-refractivity contribution in [2.45, 2.75) is 13.0 Å². The van der Waals surface area contributed by atoms with Crippen molar-refractivity contribution in [3.05, 3.63) is 59.7 Å². The zero-order valence-corrected chi connectivity index (χ0v) is 11.5. The van der Waals surface area contributed by atoms with Crippen LogP contribution < -0.4 is 4.74 Å². The number of ether oxygens (including phenoxy) is 2. The maximum Gasteiger partial charge on any atom is 0.119 e. The fourth-order valence-corrected chi connectivity index (χ4v) is 1.78. The highest BCUT2D eigenvalue weighted by Crippen LogP contribution is 2.16. The summed E-state index contributed by atoms with van der Waals surface area (Å²) in [6, 6.07) is 16.1. The minimum absolute atomic E-state index is 0.290. The van der Waals surface area contributed by atoms with Crippen LogP contribution in [0.2, 0.25) is 0 Å². The van der Waals surface area contributed by atoms with Crippen molar-refractivity contribution < 1.29 is 9.47 Å². The minimum Gasteiger partial charge on any atom is -0.491 e. The Morgan fingerprint density at radius 1 is 1.15 bits per heavy atom. The Labute approximate surface area is 118 Å². The molecule has 0 saturated carbocycles. The average molecular weight is 267 g/mol. The molecular weight excluding hydrogens is 250 g/mol. The topological polar surface area (TPSA) is 34.1 Å². The first-order valence-corrected chi connectivity index (χ1v) is 6.75. The Morgan fingerprint density at radius 2 is 1.85 bits per heavy atom. The second-order valence-corrected chi connectivity index (χ2v) is 4.93. The summed E-state index contributed by atoms with van der Waals surface area (Å²) in [5.74, 6) is 0.869. The van der Waals surface area contributed by atoms with Gasteiger partial charge in [-0.05, 0) is 48.9 Å². The first kappa shape index (κ1) is 12.9. The average Bonchev–Trinajstić information content (AvgIpc) is 3.30. The van der Waals surface area contributed by atoms with Gasteiger partial charge >= 0.3 is 0 Å². The third-order valence-electron chi connectivity index (χ3n) is 3.12. The molecule has 20 heavy (non-hydrogen) atoms. The van der Waals surface area contributed by atoms with E-state index in [2.05, 4.69) is 24.0 Å². The Kier molecular flexibility index (Phi) is 3.79. The van der Waals surface area contributed by atoms with Crippen LogP contribution in [0, 0.1) is 6.92 Å². The molecule has 0 N–H and O–H groups in total. The van der Waals surface area contributed by atoms with Crippen LogP contribution >= 0.6 is 0 Å². The lowest BCUT2D eigenvalue weighted by Gasteiger charge is -2.03. The van der Waals surface area contributed by atoms with Gasteiger partial charge in [-0.15, -0.1) is 0 Å². The largest absolute Gasteiger partial charge is 0.491 e. The zero-order chi connectivity index (χ0) is 13.8. The highest BCUT2D eigenvalue weighted by Gasteiger charge is 2.22. The molecular formula is C17H17NO2. The summed E-state index contributed by atoms with van der Waals surface area (Å²) in [5.41, 5.74) is 3.26. The Balaban J connectivity index is 1.60. The van der Waals surface area contributed by atoms with Gasteiger partial charge < -0.3 is 9.47 Å². The first-order valence-electron chi connectivity index (χ1n) is 6.75. The lowest BCUT2D eigenvalue weighted by Crippen LogP contribution is -2.03. The quantitative estimate of drug-likeness (QED) is 0.613. The van der Waals surface area contributed by atoms with Gasteiger partial charge in [0.1, 0.15) is 18.5 Å². The van der Waals surface area contributed by atoms with E-state index in [0.717, 1.165) is 23.6 Å². The van der Waals surface area contributed by atoms with Crippen LogP contribution in [0.15, 0.2) is 53.5 Å². The standard InChI is InChI=1S/C17H17NO2/c1-13-2-6-15(7-3-13)18-10-14-4-8-16(9-5-14)19-11-17-12-20-17/h2-10,17H,11-12H2,1H3. The Morgan fingerprint density at radius 3 is 2.50 bits per heavy atom. The predicted octanol–water partition coefficient (Wildman–Crippen LogP) is 3.52. The normalized spacial score (nSPS) is 17.4. The van der Waals surface area contributed by atoms with E-state index in [1.165, 1.54) is 5.56 Å². The number of aryl methyl sites for hydroxylation is 1. The van der Waals surface area contributed by atoms with E-state index in [-0.39, 0.29) is 6.10 Å². The highest BCUT2D eigenvalue weighted by atomic mass is 16.6. The number of benzene rings is 2. The second kappa shape index (κ2) is 5.88. The maximum atomic E-state index is 5.59. The summed E-state index contributed by atoms with van der Waals surface area (Å²) < 4.78 is 10.7. The number of rotatable bonds is 5. The maximum absolute atomic E-state index is 5.59. The Hall–Kier alpha value is -2.13. The van der Waals surface area contributed by atoms with E-state index in [0.29, 0.717) is 6.61 Å². The molecule has 3 nitrogen and oxygen atoms in total. The van der Waals surface area contributed by atoms with Crippen molar-refractivity contribution in [1.82, 2.24) is 0 Å². The predicted molar refractivity (Wildman–Crippen MR) is 80.1 cm³/mol. The van der Waals surface area contributed by atoms with Crippen molar-refractivity contribution in [3.8, 4) is 5.75 Å². The number of nitrogens with zero attached hydrogens (tertiary/aromatic N) is 1. The van der Waals surface area contributed by atoms with E-state index in [1.54, 1.807) is 0 Å². The lowest BCUT2D eigenvalue weighted by molar-refractivity contribution is 0.263. The molecule has 0 aliphatic carbocycles. The van der Waals surface area contributed by atoms with Gasteiger partial charge in [0.15, 0.2) is 0 Å². The number of hydrogen-bond donors (Lipinski definition) is 0. The van der Waals surface area contributed by atoms with Gasteiger partial charge in [0, 0.05) is 6.21 Å². The summed E-state index contributed by atoms with van der Waals surface area (Å²) in [6.45, 7) is 3.52. The molecule has 3 heteroatoms. The van der Waals surface area contributed by atoms with Crippen molar-refractivity contribution in [2.24, 2.45) is 4.99 Å². The molecule has 0 spiro atoms. The van der Waals surface area contributed by atoms with Crippen LogP contribution in [0.25, 0.3) is 0 Å². The van der Waals surface area contributed by atoms with Gasteiger partial charge in [-0.25, -0.2) is 0 Å². The van der Waals surface area contributed by atoms with Gasteiger partial charge in [-0.1, -0.05) is 17.7 Å². The van der Waals surface area contributed by atoms with E-state index >= 15 is 0 Å². The zero-order valence-electron chi connectivity index (χ0n) is 11.5.